The molecule has 3 heteroatoms. The van der Waals surface area contributed by atoms with Gasteiger partial charge in [0.1, 0.15) is 5.75 Å². The third-order valence-electron chi connectivity index (χ3n) is 4.05. The van der Waals surface area contributed by atoms with E-state index in [0.717, 1.165) is 36.1 Å². The van der Waals surface area contributed by atoms with Gasteiger partial charge in [0, 0.05) is 12.4 Å². The second kappa shape index (κ2) is 7.61. The molecule has 1 unspecified atom stereocenters. The van der Waals surface area contributed by atoms with Gasteiger partial charge in [-0.15, -0.1) is 0 Å². The van der Waals surface area contributed by atoms with E-state index in [2.05, 4.69) is 18.0 Å². The third-order valence-corrected chi connectivity index (χ3v) is 4.05. The second-order valence-electron chi connectivity index (χ2n) is 5.56. The lowest BCUT2D eigenvalue weighted by Crippen LogP contribution is -2.27. The summed E-state index contributed by atoms with van der Waals surface area (Å²) in [5.41, 5.74) is 1.64. The van der Waals surface area contributed by atoms with Gasteiger partial charge in [-0.3, -0.25) is 4.98 Å². The summed E-state index contributed by atoms with van der Waals surface area (Å²) in [6.07, 6.45) is 7.19. The fourth-order valence-electron chi connectivity index (χ4n) is 2.74. The van der Waals surface area contributed by atoms with Crippen molar-refractivity contribution in [2.75, 3.05) is 7.11 Å². The molecule has 0 aliphatic carbocycles. The molecule has 0 saturated carbocycles. The quantitative estimate of drug-likeness (QED) is 0.765. The zero-order valence-electron chi connectivity index (χ0n) is 13.2. The number of nitrogens with zero attached hydrogens (tertiary/aromatic N) is 2. The highest BCUT2D eigenvalue weighted by atomic mass is 16.5. The summed E-state index contributed by atoms with van der Waals surface area (Å²) in [4.78, 5) is 4.06. The SMILES string of the molecule is CCCCC(C#N)(Cc1ccncc1)c1cccc(OC)c1. The number of pyridine rings is 1. The number of aromatic nitrogens is 1. The Bertz CT molecular complexity index is 633. The number of benzene rings is 1. The predicted octanol–water partition coefficient (Wildman–Crippen LogP) is 4.28. The fraction of sp³-hybridized carbons (Fsp3) is 0.368. The standard InChI is InChI=1S/C19H22N2O/c1-3-4-10-19(15-20,14-16-8-11-21-12-9-16)17-6-5-7-18(13-17)22-2/h5-9,11-13H,3-4,10,14H2,1-2H3. The van der Waals surface area contributed by atoms with Crippen LogP contribution in [0, 0.1) is 11.3 Å². The molecule has 0 radical (unpaired) electrons. The van der Waals surface area contributed by atoms with Gasteiger partial charge >= 0.3 is 0 Å². The molecular formula is C19H22N2O. The summed E-state index contributed by atoms with van der Waals surface area (Å²) in [5.74, 6) is 0.795. The molecule has 0 spiro atoms. The van der Waals surface area contributed by atoms with Gasteiger partial charge in [0.2, 0.25) is 0 Å². The Balaban J connectivity index is 2.41. The summed E-state index contributed by atoms with van der Waals surface area (Å²) < 4.78 is 5.33. The lowest BCUT2D eigenvalue weighted by molar-refractivity contribution is 0.410. The lowest BCUT2D eigenvalue weighted by Gasteiger charge is -2.27. The van der Waals surface area contributed by atoms with E-state index in [1.165, 1.54) is 0 Å². The van der Waals surface area contributed by atoms with Crippen LogP contribution in [0.25, 0.3) is 0 Å². The van der Waals surface area contributed by atoms with Crippen LogP contribution in [0.1, 0.15) is 37.3 Å². The van der Waals surface area contributed by atoms with E-state index >= 15 is 0 Å². The van der Waals surface area contributed by atoms with Gasteiger partial charge in [0.25, 0.3) is 0 Å². The highest BCUT2D eigenvalue weighted by molar-refractivity contribution is 5.40. The number of methoxy groups -OCH3 is 1. The topological polar surface area (TPSA) is 45.9 Å². The zero-order chi connectivity index (χ0) is 15.8. The maximum atomic E-state index is 9.98. The molecule has 0 fully saturated rings. The first-order chi connectivity index (χ1) is 10.7. The first-order valence-electron chi connectivity index (χ1n) is 7.69. The van der Waals surface area contributed by atoms with Crippen LogP contribution in [-0.2, 0) is 11.8 Å². The summed E-state index contributed by atoms with van der Waals surface area (Å²) >= 11 is 0. The molecule has 0 aliphatic rings. The summed E-state index contributed by atoms with van der Waals surface area (Å²) in [5, 5.41) is 9.98. The average molecular weight is 294 g/mol. The molecule has 114 valence electrons. The highest BCUT2D eigenvalue weighted by Crippen LogP contribution is 2.35. The van der Waals surface area contributed by atoms with E-state index in [-0.39, 0.29) is 0 Å². The smallest absolute Gasteiger partial charge is 0.119 e. The molecule has 0 bridgehead atoms. The van der Waals surface area contributed by atoms with E-state index in [0.29, 0.717) is 6.42 Å². The molecule has 0 N–H and O–H groups in total. The Morgan fingerprint density at radius 3 is 2.64 bits per heavy atom. The normalized spacial score (nSPS) is 13.1. The van der Waals surface area contributed by atoms with Crippen LogP contribution < -0.4 is 4.74 Å². The van der Waals surface area contributed by atoms with Crippen molar-refractivity contribution in [2.45, 2.75) is 38.0 Å². The number of rotatable bonds is 7. The molecule has 22 heavy (non-hydrogen) atoms. The van der Waals surface area contributed by atoms with Crippen LogP contribution in [0.5, 0.6) is 5.75 Å². The monoisotopic (exact) mass is 294 g/mol. The molecule has 0 aliphatic heterocycles. The maximum Gasteiger partial charge on any atom is 0.119 e. The lowest BCUT2D eigenvalue weighted by atomic mass is 9.73. The number of unbranched alkanes of at least 4 members (excludes halogenated alkanes) is 1. The van der Waals surface area contributed by atoms with E-state index in [4.69, 9.17) is 4.74 Å². The van der Waals surface area contributed by atoms with Gasteiger partial charge < -0.3 is 4.74 Å². The van der Waals surface area contributed by atoms with Crippen LogP contribution in [0.15, 0.2) is 48.8 Å². The molecule has 0 saturated heterocycles. The molecule has 1 heterocycles. The van der Waals surface area contributed by atoms with Gasteiger partial charge in [0.05, 0.1) is 18.6 Å². The van der Waals surface area contributed by atoms with E-state index < -0.39 is 5.41 Å². The molecule has 0 amide bonds. The van der Waals surface area contributed by atoms with Crippen molar-refractivity contribution in [3.63, 3.8) is 0 Å². The Hall–Kier alpha value is -2.34. The number of hydrogen-bond acceptors (Lipinski definition) is 3. The molecule has 1 aromatic carbocycles. The maximum absolute atomic E-state index is 9.98. The minimum atomic E-state index is -0.522. The molecule has 3 nitrogen and oxygen atoms in total. The van der Waals surface area contributed by atoms with Crippen molar-refractivity contribution in [1.82, 2.24) is 4.98 Å². The van der Waals surface area contributed by atoms with Crippen LogP contribution in [0.4, 0.5) is 0 Å². The molecule has 1 aromatic heterocycles. The van der Waals surface area contributed by atoms with Crippen LogP contribution in [-0.4, -0.2) is 12.1 Å². The summed E-state index contributed by atoms with van der Waals surface area (Å²) in [7, 11) is 1.65. The summed E-state index contributed by atoms with van der Waals surface area (Å²) in [6, 6.07) is 14.4. The minimum Gasteiger partial charge on any atom is -0.497 e. The fourth-order valence-corrected chi connectivity index (χ4v) is 2.74. The average Bonchev–Trinajstić information content (AvgIpc) is 2.59. The molecule has 1 atom stereocenters. The first kappa shape index (κ1) is 16.0. The third kappa shape index (κ3) is 3.65. The van der Waals surface area contributed by atoms with Gasteiger partial charge in [-0.2, -0.15) is 5.26 Å². The second-order valence-corrected chi connectivity index (χ2v) is 5.56. The predicted molar refractivity (Wildman–Crippen MR) is 87.8 cm³/mol. The molecule has 2 aromatic rings. The van der Waals surface area contributed by atoms with Crippen LogP contribution in [0.3, 0.4) is 0 Å². The number of hydrogen-bond donors (Lipinski definition) is 0. The van der Waals surface area contributed by atoms with Gasteiger partial charge in [0.15, 0.2) is 0 Å². The van der Waals surface area contributed by atoms with E-state index in [1.54, 1.807) is 19.5 Å². The van der Waals surface area contributed by atoms with E-state index in [9.17, 15) is 5.26 Å². The van der Waals surface area contributed by atoms with Crippen molar-refractivity contribution in [3.8, 4) is 11.8 Å². The Kier molecular flexibility index (Phi) is 5.55. The van der Waals surface area contributed by atoms with Crippen molar-refractivity contribution < 1.29 is 4.74 Å². The van der Waals surface area contributed by atoms with Crippen molar-refractivity contribution >= 4 is 0 Å². The van der Waals surface area contributed by atoms with Crippen molar-refractivity contribution in [2.24, 2.45) is 0 Å². The Morgan fingerprint density at radius 1 is 1.23 bits per heavy atom. The van der Waals surface area contributed by atoms with Crippen LogP contribution >= 0.6 is 0 Å². The largest absolute Gasteiger partial charge is 0.497 e. The first-order valence-corrected chi connectivity index (χ1v) is 7.69. The van der Waals surface area contributed by atoms with Gasteiger partial charge in [-0.1, -0.05) is 31.9 Å². The van der Waals surface area contributed by atoms with Crippen molar-refractivity contribution in [3.05, 3.63) is 59.9 Å². The van der Waals surface area contributed by atoms with Crippen LogP contribution in [0.2, 0.25) is 0 Å². The van der Waals surface area contributed by atoms with Crippen molar-refractivity contribution in [1.29, 1.82) is 5.26 Å². The van der Waals surface area contributed by atoms with Gasteiger partial charge in [-0.25, -0.2) is 0 Å². The minimum absolute atomic E-state index is 0.522. The number of ether oxygens (including phenoxy) is 1. The van der Waals surface area contributed by atoms with E-state index in [1.807, 2.05) is 36.4 Å². The molecular weight excluding hydrogens is 272 g/mol. The van der Waals surface area contributed by atoms with Gasteiger partial charge in [-0.05, 0) is 48.2 Å². The number of nitriles is 1. The zero-order valence-corrected chi connectivity index (χ0v) is 13.2. The Labute approximate surface area is 132 Å². The summed E-state index contributed by atoms with van der Waals surface area (Å²) in [6.45, 7) is 2.15. The molecule has 2 rings (SSSR count). The highest BCUT2D eigenvalue weighted by Gasteiger charge is 2.32. The Morgan fingerprint density at radius 2 is 2.00 bits per heavy atom.